The van der Waals surface area contributed by atoms with Gasteiger partial charge in [-0.3, -0.25) is 0 Å². The van der Waals surface area contributed by atoms with Crippen molar-refractivity contribution in [3.05, 3.63) is 35.6 Å². The lowest BCUT2D eigenvalue weighted by Crippen LogP contribution is -2.44. The smallest absolute Gasteiger partial charge is 0.263 e. The van der Waals surface area contributed by atoms with Gasteiger partial charge in [0.05, 0.1) is 0 Å². The Hall–Kier alpha value is -2.18. The van der Waals surface area contributed by atoms with E-state index in [2.05, 4.69) is 32.0 Å². The predicted molar refractivity (Wildman–Crippen MR) is 89.8 cm³/mol. The first-order chi connectivity index (χ1) is 11.2. The molecule has 7 heteroatoms. The molecule has 1 saturated heterocycles. The quantitative estimate of drug-likeness (QED) is 0.720. The number of likely N-dealkylation sites (N-methyl/N-ethyl adjacent to an activating group) is 1. The van der Waals surface area contributed by atoms with Gasteiger partial charge in [-0.2, -0.15) is 4.98 Å². The Balaban J connectivity index is 1.82. The number of rotatable bonds is 2. The normalized spacial score (nSPS) is 16.2. The standard InChI is InChI=1S/C16H16ClN5O/c1-21-6-8-22(9-7-21)15-13-14(11-2-4-12(17)5-3-11)20-23-16(13)19-10-18-15/h2-5,10H,6-9H2,1H3. The van der Waals surface area contributed by atoms with Crippen molar-refractivity contribution in [1.82, 2.24) is 20.0 Å². The van der Waals surface area contributed by atoms with Gasteiger partial charge in [0.2, 0.25) is 0 Å². The number of aromatic nitrogens is 3. The van der Waals surface area contributed by atoms with Crippen molar-refractivity contribution in [1.29, 1.82) is 0 Å². The van der Waals surface area contributed by atoms with E-state index in [-0.39, 0.29) is 0 Å². The fourth-order valence-corrected chi connectivity index (χ4v) is 2.96. The van der Waals surface area contributed by atoms with E-state index >= 15 is 0 Å². The number of anilines is 1. The van der Waals surface area contributed by atoms with Gasteiger partial charge in [0.1, 0.15) is 23.2 Å². The van der Waals surface area contributed by atoms with Crippen LogP contribution in [0.1, 0.15) is 0 Å². The Morgan fingerprint density at radius 3 is 2.52 bits per heavy atom. The third-order valence-corrected chi connectivity index (χ3v) is 4.43. The van der Waals surface area contributed by atoms with Crippen molar-refractivity contribution in [3.63, 3.8) is 0 Å². The Labute approximate surface area is 138 Å². The van der Waals surface area contributed by atoms with Crippen LogP contribution in [0.4, 0.5) is 5.82 Å². The van der Waals surface area contributed by atoms with E-state index in [0.29, 0.717) is 10.7 Å². The Morgan fingerprint density at radius 2 is 1.78 bits per heavy atom. The highest BCUT2D eigenvalue weighted by molar-refractivity contribution is 6.30. The van der Waals surface area contributed by atoms with E-state index in [4.69, 9.17) is 16.1 Å². The minimum atomic E-state index is 0.513. The molecule has 2 aromatic heterocycles. The molecule has 3 aromatic rings. The van der Waals surface area contributed by atoms with Gasteiger partial charge < -0.3 is 14.3 Å². The zero-order chi connectivity index (χ0) is 15.8. The van der Waals surface area contributed by atoms with Gasteiger partial charge in [0.15, 0.2) is 0 Å². The lowest BCUT2D eigenvalue weighted by atomic mass is 10.1. The zero-order valence-electron chi connectivity index (χ0n) is 12.7. The fourth-order valence-electron chi connectivity index (χ4n) is 2.83. The van der Waals surface area contributed by atoms with Crippen molar-refractivity contribution in [2.45, 2.75) is 0 Å². The first kappa shape index (κ1) is 14.4. The second-order valence-corrected chi connectivity index (χ2v) is 6.14. The summed E-state index contributed by atoms with van der Waals surface area (Å²) in [7, 11) is 2.13. The van der Waals surface area contributed by atoms with Crippen LogP contribution < -0.4 is 4.90 Å². The summed E-state index contributed by atoms with van der Waals surface area (Å²) >= 11 is 5.98. The lowest BCUT2D eigenvalue weighted by molar-refractivity contribution is 0.312. The summed E-state index contributed by atoms with van der Waals surface area (Å²) in [5.41, 5.74) is 2.21. The summed E-state index contributed by atoms with van der Waals surface area (Å²) < 4.78 is 5.42. The van der Waals surface area contributed by atoms with Crippen LogP contribution >= 0.6 is 11.6 Å². The maximum Gasteiger partial charge on any atom is 0.263 e. The molecule has 1 aliphatic rings. The minimum absolute atomic E-state index is 0.513. The molecule has 3 heterocycles. The van der Waals surface area contributed by atoms with Gasteiger partial charge in [-0.25, -0.2) is 4.98 Å². The number of nitrogens with zero attached hydrogens (tertiary/aromatic N) is 5. The molecule has 0 unspecified atom stereocenters. The zero-order valence-corrected chi connectivity index (χ0v) is 13.5. The highest BCUT2D eigenvalue weighted by Crippen LogP contribution is 2.33. The molecule has 0 spiro atoms. The van der Waals surface area contributed by atoms with Crippen molar-refractivity contribution >= 4 is 28.5 Å². The molecule has 0 aliphatic carbocycles. The molecule has 0 N–H and O–H groups in total. The number of piperazine rings is 1. The molecule has 0 amide bonds. The highest BCUT2D eigenvalue weighted by atomic mass is 35.5. The summed E-state index contributed by atoms with van der Waals surface area (Å²) in [6, 6.07) is 7.55. The average molecular weight is 330 g/mol. The Morgan fingerprint density at radius 1 is 1.04 bits per heavy atom. The lowest BCUT2D eigenvalue weighted by Gasteiger charge is -2.33. The van der Waals surface area contributed by atoms with E-state index in [9.17, 15) is 0 Å². The van der Waals surface area contributed by atoms with Crippen LogP contribution in [0.15, 0.2) is 35.1 Å². The van der Waals surface area contributed by atoms with E-state index in [1.165, 1.54) is 6.33 Å². The second kappa shape index (κ2) is 5.79. The van der Waals surface area contributed by atoms with E-state index in [0.717, 1.165) is 48.6 Å². The molecule has 0 radical (unpaired) electrons. The molecule has 4 rings (SSSR count). The largest absolute Gasteiger partial charge is 0.353 e. The summed E-state index contributed by atoms with van der Waals surface area (Å²) in [5, 5.41) is 5.76. The topological polar surface area (TPSA) is 58.3 Å². The molecular formula is C16H16ClN5O. The van der Waals surface area contributed by atoms with Crippen LogP contribution in [-0.4, -0.2) is 53.3 Å². The molecular weight excluding hydrogens is 314 g/mol. The summed E-state index contributed by atoms with van der Waals surface area (Å²) in [4.78, 5) is 13.3. The van der Waals surface area contributed by atoms with Crippen molar-refractivity contribution in [3.8, 4) is 11.3 Å². The number of hydrogen-bond acceptors (Lipinski definition) is 6. The maximum absolute atomic E-state index is 5.98. The third kappa shape index (κ3) is 2.64. The summed E-state index contributed by atoms with van der Waals surface area (Å²) in [6.07, 6.45) is 1.53. The molecule has 0 atom stereocenters. The van der Waals surface area contributed by atoms with Crippen molar-refractivity contribution < 1.29 is 4.52 Å². The van der Waals surface area contributed by atoms with Crippen LogP contribution in [0.2, 0.25) is 5.02 Å². The van der Waals surface area contributed by atoms with Gasteiger partial charge in [0.25, 0.3) is 5.71 Å². The number of halogens is 1. The molecule has 1 aliphatic heterocycles. The van der Waals surface area contributed by atoms with Crippen LogP contribution in [0, 0.1) is 0 Å². The number of benzene rings is 1. The van der Waals surface area contributed by atoms with Gasteiger partial charge in [-0.05, 0) is 19.2 Å². The van der Waals surface area contributed by atoms with Gasteiger partial charge >= 0.3 is 0 Å². The second-order valence-electron chi connectivity index (χ2n) is 5.71. The molecule has 118 valence electrons. The molecule has 1 aromatic carbocycles. The monoisotopic (exact) mass is 329 g/mol. The first-order valence-corrected chi connectivity index (χ1v) is 7.90. The van der Waals surface area contributed by atoms with Crippen LogP contribution in [0.5, 0.6) is 0 Å². The van der Waals surface area contributed by atoms with Gasteiger partial charge in [-0.15, -0.1) is 0 Å². The van der Waals surface area contributed by atoms with Gasteiger partial charge in [0, 0.05) is 36.8 Å². The Kier molecular flexibility index (Phi) is 3.63. The summed E-state index contributed by atoms with van der Waals surface area (Å²) in [5.74, 6) is 0.884. The first-order valence-electron chi connectivity index (χ1n) is 7.52. The molecule has 0 saturated carbocycles. The summed E-state index contributed by atoms with van der Waals surface area (Å²) in [6.45, 7) is 3.86. The van der Waals surface area contributed by atoms with Crippen LogP contribution in [0.25, 0.3) is 22.4 Å². The number of hydrogen-bond donors (Lipinski definition) is 0. The van der Waals surface area contributed by atoms with E-state index in [1.807, 2.05) is 24.3 Å². The molecule has 23 heavy (non-hydrogen) atoms. The Bertz CT molecular complexity index is 824. The fraction of sp³-hybridized carbons (Fsp3) is 0.312. The predicted octanol–water partition coefficient (Wildman–Crippen LogP) is 2.69. The average Bonchev–Trinajstić information content (AvgIpc) is 3.00. The van der Waals surface area contributed by atoms with E-state index < -0.39 is 0 Å². The van der Waals surface area contributed by atoms with E-state index in [1.54, 1.807) is 0 Å². The third-order valence-electron chi connectivity index (χ3n) is 4.17. The molecule has 0 bridgehead atoms. The van der Waals surface area contributed by atoms with Crippen LogP contribution in [-0.2, 0) is 0 Å². The van der Waals surface area contributed by atoms with Crippen LogP contribution in [0.3, 0.4) is 0 Å². The number of fused-ring (bicyclic) bond motifs is 1. The maximum atomic E-state index is 5.98. The van der Waals surface area contributed by atoms with Crippen molar-refractivity contribution in [2.75, 3.05) is 38.1 Å². The molecule has 1 fully saturated rings. The van der Waals surface area contributed by atoms with Gasteiger partial charge in [-0.1, -0.05) is 28.9 Å². The highest BCUT2D eigenvalue weighted by Gasteiger charge is 2.23. The molecule has 6 nitrogen and oxygen atoms in total. The SMILES string of the molecule is CN1CCN(c2ncnc3onc(-c4ccc(Cl)cc4)c23)CC1. The van der Waals surface area contributed by atoms with Crippen molar-refractivity contribution in [2.24, 2.45) is 0 Å². The minimum Gasteiger partial charge on any atom is -0.353 e.